The molecule has 0 saturated carbocycles. The van der Waals surface area contributed by atoms with Crippen LogP contribution in [0.15, 0.2) is 17.4 Å². The van der Waals surface area contributed by atoms with Gasteiger partial charge in [0.2, 0.25) is 0 Å². The second-order valence-corrected chi connectivity index (χ2v) is 1.15. The summed E-state index contributed by atoms with van der Waals surface area (Å²) in [5.41, 5.74) is 4.92. The van der Waals surface area contributed by atoms with Crippen LogP contribution in [0.1, 0.15) is 0 Å². The lowest BCUT2D eigenvalue weighted by Crippen LogP contribution is -1.71. The molecular formula is C3H5IN2. The Morgan fingerprint density at radius 1 is 1.67 bits per heavy atom. The summed E-state index contributed by atoms with van der Waals surface area (Å²) in [7, 11) is 0. The Bertz CT molecular complexity index is 57.2. The van der Waals surface area contributed by atoms with Gasteiger partial charge in [-0.25, -0.2) is 0 Å². The molecule has 6 heavy (non-hydrogen) atoms. The molecule has 0 bridgehead atoms. The van der Waals surface area contributed by atoms with Gasteiger partial charge in [-0.3, -0.25) is 4.99 Å². The number of hydrogen-bond donors (Lipinski definition) is 1. The highest BCUT2D eigenvalue weighted by Gasteiger charge is 1.49. The van der Waals surface area contributed by atoms with Gasteiger partial charge in [-0.1, -0.05) is 0 Å². The SMILES string of the molecule is N/C=C\N=C/I. The van der Waals surface area contributed by atoms with Gasteiger partial charge in [-0.15, -0.1) is 0 Å². The van der Waals surface area contributed by atoms with Gasteiger partial charge in [0.1, 0.15) is 0 Å². The minimum atomic E-state index is 1.38. The lowest BCUT2D eigenvalue weighted by Gasteiger charge is -1.64. The molecular weight excluding hydrogens is 191 g/mol. The van der Waals surface area contributed by atoms with Crippen molar-refractivity contribution in [1.82, 2.24) is 0 Å². The van der Waals surface area contributed by atoms with E-state index in [2.05, 4.69) is 4.99 Å². The zero-order valence-electron chi connectivity index (χ0n) is 3.13. The quantitative estimate of drug-likeness (QED) is 0.490. The summed E-state index contributed by atoms with van der Waals surface area (Å²) in [6.45, 7) is 0. The van der Waals surface area contributed by atoms with Crippen LogP contribution >= 0.6 is 22.6 Å². The smallest absolute Gasteiger partial charge is 0.0651 e. The standard InChI is InChI=1S/C3H5IN2/c4-3-6-2-1-5/h1-3H,5H2/b2-1-,6-3-. The van der Waals surface area contributed by atoms with Gasteiger partial charge in [0.25, 0.3) is 0 Å². The summed E-state index contributed by atoms with van der Waals surface area (Å²) in [5.74, 6) is 0. The molecule has 3 heteroatoms. The molecule has 0 rings (SSSR count). The first-order valence-electron chi connectivity index (χ1n) is 1.40. The summed E-state index contributed by atoms with van der Waals surface area (Å²) < 4.78 is 1.64. The molecule has 34 valence electrons. The first kappa shape index (κ1) is 5.94. The molecule has 2 nitrogen and oxygen atoms in total. The van der Waals surface area contributed by atoms with E-state index in [1.54, 1.807) is 4.22 Å². The van der Waals surface area contributed by atoms with Crippen LogP contribution in [0, 0.1) is 0 Å². The van der Waals surface area contributed by atoms with Crippen LogP contribution in [0.3, 0.4) is 0 Å². The van der Waals surface area contributed by atoms with Crippen LogP contribution < -0.4 is 5.73 Å². The summed E-state index contributed by atoms with van der Waals surface area (Å²) in [6, 6.07) is 0. The van der Waals surface area contributed by atoms with Crippen LogP contribution in [-0.4, -0.2) is 4.22 Å². The third-order valence-corrected chi connectivity index (χ3v) is 0.550. The van der Waals surface area contributed by atoms with E-state index < -0.39 is 0 Å². The number of halogens is 1. The van der Waals surface area contributed by atoms with Crippen LogP contribution in [0.4, 0.5) is 0 Å². The minimum Gasteiger partial charge on any atom is -0.403 e. The third-order valence-electron chi connectivity index (χ3n) is 0.228. The van der Waals surface area contributed by atoms with Crippen molar-refractivity contribution >= 4 is 26.8 Å². The average Bonchev–Trinajstić information content (AvgIpc) is 1.61. The molecule has 0 atom stereocenters. The maximum absolute atomic E-state index is 4.92. The van der Waals surface area contributed by atoms with Crippen LogP contribution in [0.2, 0.25) is 0 Å². The largest absolute Gasteiger partial charge is 0.403 e. The van der Waals surface area contributed by atoms with E-state index in [1.807, 2.05) is 22.6 Å². The zero-order valence-corrected chi connectivity index (χ0v) is 5.29. The molecule has 0 fully saturated rings. The van der Waals surface area contributed by atoms with E-state index in [4.69, 9.17) is 5.73 Å². The van der Waals surface area contributed by atoms with E-state index in [9.17, 15) is 0 Å². The molecule has 0 aliphatic rings. The number of nitrogens with two attached hydrogens (primary N) is 1. The van der Waals surface area contributed by atoms with Crippen molar-refractivity contribution in [3.8, 4) is 0 Å². The number of hydrogen-bond acceptors (Lipinski definition) is 2. The van der Waals surface area contributed by atoms with Gasteiger partial charge in [0, 0.05) is 12.4 Å². The normalized spacial score (nSPS) is 11.5. The predicted octanol–water partition coefficient (Wildman–Crippen LogP) is 0.880. The lowest BCUT2D eigenvalue weighted by atomic mass is 10.9. The molecule has 0 heterocycles. The van der Waals surface area contributed by atoms with E-state index in [1.165, 1.54) is 12.4 Å². The van der Waals surface area contributed by atoms with Gasteiger partial charge in [0.15, 0.2) is 0 Å². The zero-order chi connectivity index (χ0) is 4.83. The van der Waals surface area contributed by atoms with Gasteiger partial charge in [-0.2, -0.15) is 0 Å². The van der Waals surface area contributed by atoms with Crippen LogP contribution in [0.5, 0.6) is 0 Å². The summed E-state index contributed by atoms with van der Waals surface area (Å²) in [5, 5.41) is 0. The minimum absolute atomic E-state index is 1.38. The van der Waals surface area contributed by atoms with Crippen molar-refractivity contribution in [3.05, 3.63) is 12.4 Å². The molecule has 0 aromatic rings. The van der Waals surface area contributed by atoms with Crippen molar-refractivity contribution in [2.24, 2.45) is 10.7 Å². The van der Waals surface area contributed by atoms with Crippen LogP contribution in [-0.2, 0) is 0 Å². The van der Waals surface area contributed by atoms with Gasteiger partial charge < -0.3 is 5.73 Å². The van der Waals surface area contributed by atoms with Gasteiger partial charge in [-0.05, 0) is 22.6 Å². The van der Waals surface area contributed by atoms with Gasteiger partial charge in [0.05, 0.1) is 4.22 Å². The molecule has 0 aromatic heterocycles. The van der Waals surface area contributed by atoms with E-state index in [0.29, 0.717) is 0 Å². The van der Waals surface area contributed by atoms with Crippen molar-refractivity contribution in [2.45, 2.75) is 0 Å². The Hall–Kier alpha value is -0.0600. The van der Waals surface area contributed by atoms with Crippen molar-refractivity contribution < 1.29 is 0 Å². The highest BCUT2D eigenvalue weighted by atomic mass is 127. The fraction of sp³-hybridized carbons (Fsp3) is 0. The Labute approximate surface area is 50.3 Å². The second-order valence-electron chi connectivity index (χ2n) is 0.588. The van der Waals surface area contributed by atoms with E-state index >= 15 is 0 Å². The maximum Gasteiger partial charge on any atom is 0.0651 e. The van der Waals surface area contributed by atoms with Crippen molar-refractivity contribution in [3.63, 3.8) is 0 Å². The maximum atomic E-state index is 4.92. The predicted molar refractivity (Wildman–Crippen MR) is 35.8 cm³/mol. The van der Waals surface area contributed by atoms with Crippen molar-refractivity contribution in [1.29, 1.82) is 0 Å². The van der Waals surface area contributed by atoms with Crippen molar-refractivity contribution in [2.75, 3.05) is 0 Å². The highest BCUT2D eigenvalue weighted by molar-refractivity contribution is 14.1. The summed E-state index contributed by atoms with van der Waals surface area (Å²) in [4.78, 5) is 3.65. The Morgan fingerprint density at radius 3 is 2.50 bits per heavy atom. The number of rotatable bonds is 1. The number of aliphatic imine (C=N–C) groups is 1. The molecule has 0 spiro atoms. The lowest BCUT2D eigenvalue weighted by molar-refractivity contribution is 1.50. The first-order valence-corrected chi connectivity index (χ1v) is 2.65. The molecule has 0 radical (unpaired) electrons. The molecule has 0 aliphatic carbocycles. The third kappa shape index (κ3) is 3.94. The van der Waals surface area contributed by atoms with Crippen LogP contribution in [0.25, 0.3) is 0 Å². The summed E-state index contributed by atoms with van der Waals surface area (Å²) in [6.07, 6.45) is 2.90. The molecule has 0 unspecified atom stereocenters. The Morgan fingerprint density at radius 2 is 2.33 bits per heavy atom. The molecule has 0 saturated heterocycles. The van der Waals surface area contributed by atoms with Gasteiger partial charge >= 0.3 is 0 Å². The fourth-order valence-corrected chi connectivity index (χ4v) is 0.268. The molecule has 0 aliphatic heterocycles. The number of nitrogens with zero attached hydrogens (tertiary/aromatic N) is 1. The monoisotopic (exact) mass is 196 g/mol. The highest BCUT2D eigenvalue weighted by Crippen LogP contribution is 1.71. The molecule has 0 amide bonds. The molecule has 2 N–H and O–H groups in total. The average molecular weight is 196 g/mol. The Balaban J connectivity index is 3.07. The molecule has 0 aromatic carbocycles. The van der Waals surface area contributed by atoms with E-state index in [-0.39, 0.29) is 0 Å². The first-order chi connectivity index (χ1) is 2.91. The second kappa shape index (κ2) is 4.94. The fourth-order valence-electron chi connectivity index (χ4n) is 0.0822. The van der Waals surface area contributed by atoms with E-state index in [0.717, 1.165) is 0 Å². The Kier molecular flexibility index (Phi) is 4.89. The summed E-state index contributed by atoms with van der Waals surface area (Å²) >= 11 is 2.01. The topological polar surface area (TPSA) is 38.4 Å².